The molecule has 27 heavy (non-hydrogen) atoms. The minimum atomic E-state index is -3.65. The van der Waals surface area contributed by atoms with Crippen LogP contribution >= 0.6 is 0 Å². The normalized spacial score (nSPS) is 16.0. The van der Waals surface area contributed by atoms with Crippen molar-refractivity contribution in [2.45, 2.75) is 30.7 Å². The first-order chi connectivity index (χ1) is 13.0. The van der Waals surface area contributed by atoms with E-state index >= 15 is 0 Å². The van der Waals surface area contributed by atoms with E-state index in [2.05, 4.69) is 5.10 Å². The van der Waals surface area contributed by atoms with Gasteiger partial charge in [-0.05, 0) is 31.0 Å². The molecule has 1 aliphatic rings. The van der Waals surface area contributed by atoms with E-state index in [1.807, 2.05) is 0 Å². The van der Waals surface area contributed by atoms with E-state index in [9.17, 15) is 17.6 Å². The third-order valence-corrected chi connectivity index (χ3v) is 6.66. The third-order valence-electron chi connectivity index (χ3n) is 4.78. The Bertz CT molecular complexity index is 1150. The molecule has 1 fully saturated rings. The maximum atomic E-state index is 13.9. The second-order valence-corrected chi connectivity index (χ2v) is 8.53. The van der Waals surface area contributed by atoms with Gasteiger partial charge in [-0.15, -0.1) is 5.10 Å². The Kier molecular flexibility index (Phi) is 4.56. The largest absolute Gasteiger partial charge is 0.350 e. The van der Waals surface area contributed by atoms with Crippen molar-refractivity contribution in [2.75, 3.05) is 13.1 Å². The zero-order valence-corrected chi connectivity index (χ0v) is 15.4. The Hall–Kier alpha value is -2.52. The van der Waals surface area contributed by atoms with Gasteiger partial charge >= 0.3 is 5.69 Å². The fourth-order valence-corrected chi connectivity index (χ4v) is 4.81. The molecule has 0 unspecified atom stereocenters. The summed E-state index contributed by atoms with van der Waals surface area (Å²) in [6.45, 7) is 0.949. The summed E-state index contributed by atoms with van der Waals surface area (Å²) in [6.07, 6.45) is 3.99. The smallest absolute Gasteiger partial charge is 0.249 e. The van der Waals surface area contributed by atoms with E-state index in [4.69, 9.17) is 0 Å². The van der Waals surface area contributed by atoms with E-state index in [0.717, 1.165) is 23.9 Å². The van der Waals surface area contributed by atoms with Gasteiger partial charge in [0.1, 0.15) is 5.82 Å². The van der Waals surface area contributed by atoms with Crippen LogP contribution in [0, 0.1) is 5.82 Å². The number of nitrogens with zero attached hydrogens (tertiary/aromatic N) is 4. The van der Waals surface area contributed by atoms with E-state index in [0.29, 0.717) is 24.3 Å². The summed E-state index contributed by atoms with van der Waals surface area (Å²) in [6, 6.07) is 9.11. The predicted molar refractivity (Wildman–Crippen MR) is 97.6 cm³/mol. The van der Waals surface area contributed by atoms with Crippen molar-refractivity contribution in [3.8, 4) is 0 Å². The average molecular weight is 390 g/mol. The summed E-state index contributed by atoms with van der Waals surface area (Å²) < 4.78 is 43.3. The highest BCUT2D eigenvalue weighted by molar-refractivity contribution is 7.89. The van der Waals surface area contributed by atoms with Crippen LogP contribution in [0.4, 0.5) is 4.39 Å². The summed E-state index contributed by atoms with van der Waals surface area (Å²) in [5.41, 5.74) is 0.141. The number of sulfonamides is 1. The lowest BCUT2D eigenvalue weighted by Crippen LogP contribution is -2.35. The van der Waals surface area contributed by atoms with Crippen molar-refractivity contribution in [2.24, 2.45) is 0 Å². The molecule has 4 rings (SSSR count). The molecule has 142 valence electrons. The zero-order valence-electron chi connectivity index (χ0n) is 14.6. The number of hydrogen-bond donors (Lipinski definition) is 0. The second kappa shape index (κ2) is 6.90. The van der Waals surface area contributed by atoms with Crippen molar-refractivity contribution >= 4 is 15.7 Å². The number of piperidine rings is 1. The number of benzene rings is 1. The van der Waals surface area contributed by atoms with E-state index in [1.54, 1.807) is 18.2 Å². The Morgan fingerprint density at radius 3 is 2.52 bits per heavy atom. The lowest BCUT2D eigenvalue weighted by atomic mass is 10.2. The van der Waals surface area contributed by atoms with E-state index in [-0.39, 0.29) is 11.4 Å². The molecule has 0 saturated carbocycles. The molecular weight excluding hydrogens is 371 g/mol. The number of halogens is 1. The van der Waals surface area contributed by atoms with Crippen molar-refractivity contribution in [3.05, 3.63) is 64.5 Å². The monoisotopic (exact) mass is 390 g/mol. The molecule has 2 aromatic heterocycles. The molecule has 0 bridgehead atoms. The van der Waals surface area contributed by atoms with Crippen LogP contribution in [0.5, 0.6) is 0 Å². The van der Waals surface area contributed by atoms with Crippen molar-refractivity contribution in [1.82, 2.24) is 18.5 Å². The van der Waals surface area contributed by atoms with E-state index in [1.165, 1.54) is 33.1 Å². The van der Waals surface area contributed by atoms with Gasteiger partial charge in [0.25, 0.3) is 0 Å². The van der Waals surface area contributed by atoms with E-state index < -0.39 is 21.5 Å². The molecule has 0 atom stereocenters. The zero-order chi connectivity index (χ0) is 19.0. The lowest BCUT2D eigenvalue weighted by Gasteiger charge is -2.25. The summed E-state index contributed by atoms with van der Waals surface area (Å²) in [5, 5.41) is 4.18. The SMILES string of the molecule is O=c1n(Cc2ccccc2F)nc2ccc(S(=O)(=O)N3CCCCC3)cn12. The quantitative estimate of drug-likeness (QED) is 0.681. The Labute approximate surface area is 155 Å². The lowest BCUT2D eigenvalue weighted by molar-refractivity contribution is 0.346. The second-order valence-electron chi connectivity index (χ2n) is 6.59. The standard InChI is InChI=1S/C18H19FN4O3S/c19-16-7-3-2-6-14(16)12-23-18(24)22-13-15(8-9-17(22)20-23)27(25,26)21-10-4-1-5-11-21/h2-3,6-9,13H,1,4-5,10-12H2. The Morgan fingerprint density at radius 2 is 1.78 bits per heavy atom. The van der Waals surface area contributed by atoms with Crippen LogP contribution < -0.4 is 5.69 Å². The first kappa shape index (κ1) is 17.9. The highest BCUT2D eigenvalue weighted by atomic mass is 32.2. The van der Waals surface area contributed by atoms with Gasteiger partial charge in [0.2, 0.25) is 10.0 Å². The predicted octanol–water partition coefficient (Wildman–Crippen LogP) is 1.86. The van der Waals surface area contributed by atoms with Crippen LogP contribution in [0.3, 0.4) is 0 Å². The maximum absolute atomic E-state index is 13.9. The van der Waals surface area contributed by atoms with Crippen LogP contribution in [-0.2, 0) is 16.6 Å². The molecule has 0 radical (unpaired) electrons. The maximum Gasteiger partial charge on any atom is 0.350 e. The van der Waals surface area contributed by atoms with Gasteiger partial charge < -0.3 is 0 Å². The van der Waals surface area contributed by atoms with Gasteiger partial charge in [-0.25, -0.2) is 26.7 Å². The van der Waals surface area contributed by atoms with Crippen LogP contribution in [0.25, 0.3) is 5.65 Å². The van der Waals surface area contributed by atoms with Crippen LogP contribution in [0.15, 0.2) is 52.3 Å². The van der Waals surface area contributed by atoms with Crippen LogP contribution in [0.2, 0.25) is 0 Å². The first-order valence-corrected chi connectivity index (χ1v) is 10.2. The first-order valence-electron chi connectivity index (χ1n) is 8.79. The van der Waals surface area contributed by atoms with Crippen LogP contribution in [-0.4, -0.2) is 40.0 Å². The average Bonchev–Trinajstić information content (AvgIpc) is 2.99. The van der Waals surface area contributed by atoms with Crippen molar-refractivity contribution < 1.29 is 12.8 Å². The number of hydrogen-bond acceptors (Lipinski definition) is 4. The van der Waals surface area contributed by atoms with Gasteiger partial charge in [-0.2, -0.15) is 4.31 Å². The van der Waals surface area contributed by atoms with Gasteiger partial charge in [0, 0.05) is 24.8 Å². The number of aromatic nitrogens is 3. The van der Waals surface area contributed by atoms with Gasteiger partial charge in [0.05, 0.1) is 11.4 Å². The Balaban J connectivity index is 1.72. The molecule has 3 heterocycles. The number of rotatable bonds is 4. The van der Waals surface area contributed by atoms with Crippen molar-refractivity contribution in [1.29, 1.82) is 0 Å². The van der Waals surface area contributed by atoms with Crippen LogP contribution in [0.1, 0.15) is 24.8 Å². The fourth-order valence-electron chi connectivity index (χ4n) is 3.30. The summed E-state index contributed by atoms with van der Waals surface area (Å²) in [5.74, 6) is -0.421. The highest BCUT2D eigenvalue weighted by Crippen LogP contribution is 2.20. The fraction of sp³-hybridized carbons (Fsp3) is 0.333. The molecule has 0 amide bonds. The van der Waals surface area contributed by atoms with Gasteiger partial charge in [-0.3, -0.25) is 0 Å². The summed E-state index contributed by atoms with van der Waals surface area (Å²) in [4.78, 5) is 12.7. The highest BCUT2D eigenvalue weighted by Gasteiger charge is 2.26. The molecule has 1 saturated heterocycles. The molecule has 7 nitrogen and oxygen atoms in total. The number of fused-ring (bicyclic) bond motifs is 1. The molecule has 0 N–H and O–H groups in total. The minimum Gasteiger partial charge on any atom is -0.249 e. The molecule has 3 aromatic rings. The molecular formula is C18H19FN4O3S. The third kappa shape index (κ3) is 3.28. The number of pyridine rings is 1. The molecule has 1 aliphatic heterocycles. The Morgan fingerprint density at radius 1 is 1.04 bits per heavy atom. The summed E-state index contributed by atoms with van der Waals surface area (Å²) >= 11 is 0. The molecule has 1 aromatic carbocycles. The van der Waals surface area contributed by atoms with Gasteiger partial charge in [0.15, 0.2) is 5.65 Å². The van der Waals surface area contributed by atoms with Gasteiger partial charge in [-0.1, -0.05) is 24.6 Å². The minimum absolute atomic E-state index is 0.0264. The molecule has 0 spiro atoms. The molecule has 0 aliphatic carbocycles. The topological polar surface area (TPSA) is 76.7 Å². The molecule has 9 heteroatoms. The van der Waals surface area contributed by atoms with Crippen molar-refractivity contribution in [3.63, 3.8) is 0 Å². The summed E-state index contributed by atoms with van der Waals surface area (Å²) in [7, 11) is -3.65.